The van der Waals surface area contributed by atoms with Gasteiger partial charge in [0.15, 0.2) is 5.06 Å². The Hall–Kier alpha value is -0.100. The molecule has 1 aromatic rings. The van der Waals surface area contributed by atoms with Gasteiger partial charge in [0.25, 0.3) is 0 Å². The van der Waals surface area contributed by atoms with E-state index in [0.717, 1.165) is 42.0 Å². The minimum Gasteiger partial charge on any atom is -0.486 e. The summed E-state index contributed by atoms with van der Waals surface area (Å²) >= 11 is 5.13. The molecule has 1 fully saturated rings. The number of rotatable bonds is 3. The molecule has 0 bridgehead atoms. The van der Waals surface area contributed by atoms with E-state index in [1.165, 1.54) is 4.88 Å². The van der Waals surface area contributed by atoms with Gasteiger partial charge in [0.2, 0.25) is 0 Å². The van der Waals surface area contributed by atoms with E-state index in [2.05, 4.69) is 26.9 Å². The van der Waals surface area contributed by atoms with Crippen molar-refractivity contribution in [2.45, 2.75) is 25.5 Å². The number of aliphatic hydroxyl groups excluding tert-OH is 1. The number of nitrogens with zero attached hydrogens (tertiary/aromatic N) is 1. The molecule has 1 aliphatic heterocycles. The summed E-state index contributed by atoms with van der Waals surface area (Å²) in [6, 6.07) is 2.10. The van der Waals surface area contributed by atoms with Crippen LogP contribution in [0.15, 0.2) is 10.5 Å². The molecule has 1 N–H and O–H groups in total. The Kier molecular flexibility index (Phi) is 4.24. The molecule has 1 atom stereocenters. The van der Waals surface area contributed by atoms with E-state index in [9.17, 15) is 5.11 Å². The van der Waals surface area contributed by atoms with Crippen LogP contribution in [0.1, 0.15) is 17.7 Å². The van der Waals surface area contributed by atoms with Gasteiger partial charge in [0.05, 0.1) is 17.7 Å². The molecule has 3 nitrogen and oxygen atoms in total. The minimum atomic E-state index is -0.154. The zero-order chi connectivity index (χ0) is 11.5. The monoisotopic (exact) mass is 305 g/mol. The second kappa shape index (κ2) is 5.49. The van der Waals surface area contributed by atoms with Crippen molar-refractivity contribution >= 4 is 27.3 Å². The van der Waals surface area contributed by atoms with E-state index in [1.807, 2.05) is 0 Å². The van der Waals surface area contributed by atoms with Gasteiger partial charge in [-0.15, -0.1) is 11.3 Å². The minimum absolute atomic E-state index is 0.154. The van der Waals surface area contributed by atoms with Crippen LogP contribution >= 0.6 is 27.3 Å². The summed E-state index contributed by atoms with van der Waals surface area (Å²) in [6.45, 7) is 2.77. The average Bonchev–Trinajstić information content (AvgIpc) is 2.58. The van der Waals surface area contributed by atoms with Crippen LogP contribution in [0.4, 0.5) is 0 Å². The first-order chi connectivity index (χ1) is 7.69. The fourth-order valence-electron chi connectivity index (χ4n) is 2.01. The highest BCUT2D eigenvalue weighted by atomic mass is 79.9. The molecule has 0 aliphatic carbocycles. The number of hydrogen-bond acceptors (Lipinski definition) is 4. The van der Waals surface area contributed by atoms with E-state index in [4.69, 9.17) is 4.74 Å². The number of β-amino-alcohol motifs (C(OH)–C–C–N with tert-alkyl or cyclic N) is 1. The van der Waals surface area contributed by atoms with Crippen LogP contribution in [0, 0.1) is 0 Å². The molecule has 16 heavy (non-hydrogen) atoms. The number of aliphatic hydroxyl groups is 1. The number of ether oxygens (including phenoxy) is 1. The Morgan fingerprint density at radius 2 is 2.50 bits per heavy atom. The van der Waals surface area contributed by atoms with Crippen molar-refractivity contribution in [3.05, 3.63) is 15.4 Å². The van der Waals surface area contributed by atoms with Crippen molar-refractivity contribution in [2.24, 2.45) is 0 Å². The maximum Gasteiger partial charge on any atom is 0.188 e. The lowest BCUT2D eigenvalue weighted by Gasteiger charge is -2.29. The third-order valence-electron chi connectivity index (χ3n) is 2.75. The van der Waals surface area contributed by atoms with Crippen molar-refractivity contribution in [3.8, 4) is 5.06 Å². The highest BCUT2D eigenvalue weighted by molar-refractivity contribution is 9.10. The van der Waals surface area contributed by atoms with Crippen LogP contribution in [-0.2, 0) is 6.54 Å². The maximum atomic E-state index is 9.59. The van der Waals surface area contributed by atoms with Gasteiger partial charge < -0.3 is 9.84 Å². The second-order valence-electron chi connectivity index (χ2n) is 4.08. The first-order valence-electron chi connectivity index (χ1n) is 5.41. The van der Waals surface area contributed by atoms with E-state index < -0.39 is 0 Å². The molecular weight excluding hydrogens is 290 g/mol. The van der Waals surface area contributed by atoms with Gasteiger partial charge in [0, 0.05) is 18.0 Å². The molecule has 0 amide bonds. The number of likely N-dealkylation sites (tertiary alicyclic amines) is 1. The fourth-order valence-corrected chi connectivity index (χ4v) is 3.74. The largest absolute Gasteiger partial charge is 0.486 e. The highest BCUT2D eigenvalue weighted by Crippen LogP contribution is 2.35. The van der Waals surface area contributed by atoms with Gasteiger partial charge >= 0.3 is 0 Å². The molecule has 1 aliphatic rings. The van der Waals surface area contributed by atoms with Crippen LogP contribution in [0.25, 0.3) is 0 Å². The van der Waals surface area contributed by atoms with Gasteiger partial charge in [-0.3, -0.25) is 4.90 Å². The molecular formula is C11H16BrNO2S. The van der Waals surface area contributed by atoms with E-state index in [0.29, 0.717) is 0 Å². The van der Waals surface area contributed by atoms with Crippen molar-refractivity contribution in [3.63, 3.8) is 0 Å². The van der Waals surface area contributed by atoms with Crippen molar-refractivity contribution in [1.82, 2.24) is 4.90 Å². The van der Waals surface area contributed by atoms with E-state index in [-0.39, 0.29) is 6.10 Å². The standard InChI is InChI=1S/C11H16BrNO2S/c1-15-11-10(12)5-9(16-11)7-13-4-2-3-8(14)6-13/h5,8,14H,2-4,6-7H2,1H3. The predicted octanol–water partition coefficient (Wildman–Crippen LogP) is 2.48. The van der Waals surface area contributed by atoms with Gasteiger partial charge in [-0.1, -0.05) is 0 Å². The molecule has 0 saturated carbocycles. The topological polar surface area (TPSA) is 32.7 Å². The zero-order valence-electron chi connectivity index (χ0n) is 9.28. The van der Waals surface area contributed by atoms with Crippen molar-refractivity contribution in [2.75, 3.05) is 20.2 Å². The van der Waals surface area contributed by atoms with Crippen LogP contribution in [-0.4, -0.2) is 36.3 Å². The SMILES string of the molecule is COc1sc(CN2CCCC(O)C2)cc1Br. The highest BCUT2D eigenvalue weighted by Gasteiger charge is 2.18. The lowest BCUT2D eigenvalue weighted by atomic mass is 10.1. The Labute approximate surface area is 108 Å². The Morgan fingerprint density at radius 1 is 1.69 bits per heavy atom. The summed E-state index contributed by atoms with van der Waals surface area (Å²) in [5, 5.41) is 10.5. The number of thiophene rings is 1. The van der Waals surface area contributed by atoms with Gasteiger partial charge in [-0.25, -0.2) is 0 Å². The first-order valence-corrected chi connectivity index (χ1v) is 7.02. The number of hydrogen-bond donors (Lipinski definition) is 1. The second-order valence-corrected chi connectivity index (χ2v) is 6.04. The zero-order valence-corrected chi connectivity index (χ0v) is 11.7. The summed E-state index contributed by atoms with van der Waals surface area (Å²) in [6.07, 6.45) is 1.87. The van der Waals surface area contributed by atoms with E-state index >= 15 is 0 Å². The summed E-state index contributed by atoms with van der Waals surface area (Å²) in [4.78, 5) is 3.57. The Bertz CT molecular complexity index is 356. The molecule has 0 spiro atoms. The van der Waals surface area contributed by atoms with Crippen molar-refractivity contribution < 1.29 is 9.84 Å². The molecule has 2 rings (SSSR count). The van der Waals surface area contributed by atoms with Gasteiger partial charge in [0.1, 0.15) is 0 Å². The molecule has 1 saturated heterocycles. The van der Waals surface area contributed by atoms with Crippen molar-refractivity contribution in [1.29, 1.82) is 0 Å². The summed E-state index contributed by atoms with van der Waals surface area (Å²) in [7, 11) is 1.69. The average molecular weight is 306 g/mol. The predicted molar refractivity (Wildman–Crippen MR) is 69.1 cm³/mol. The Morgan fingerprint density at radius 3 is 3.12 bits per heavy atom. The molecule has 90 valence electrons. The third-order valence-corrected chi connectivity index (χ3v) is 4.68. The van der Waals surface area contributed by atoms with Gasteiger partial charge in [-0.2, -0.15) is 0 Å². The summed E-state index contributed by atoms with van der Waals surface area (Å²) in [5.74, 6) is 0. The normalized spacial score (nSPS) is 22.3. The Balaban J connectivity index is 1.97. The fraction of sp³-hybridized carbons (Fsp3) is 0.636. The van der Waals surface area contributed by atoms with Crippen LogP contribution in [0.2, 0.25) is 0 Å². The molecule has 1 unspecified atom stereocenters. The molecule has 1 aromatic heterocycles. The maximum absolute atomic E-state index is 9.59. The lowest BCUT2D eigenvalue weighted by Crippen LogP contribution is -2.37. The smallest absolute Gasteiger partial charge is 0.188 e. The first kappa shape index (κ1) is 12.4. The van der Waals surface area contributed by atoms with Crippen LogP contribution in [0.3, 0.4) is 0 Å². The quantitative estimate of drug-likeness (QED) is 0.931. The molecule has 0 radical (unpaired) electrons. The van der Waals surface area contributed by atoms with Crippen LogP contribution in [0.5, 0.6) is 5.06 Å². The number of piperidine rings is 1. The lowest BCUT2D eigenvalue weighted by molar-refractivity contribution is 0.0673. The van der Waals surface area contributed by atoms with Crippen LogP contribution < -0.4 is 4.74 Å². The molecule has 2 heterocycles. The van der Waals surface area contributed by atoms with Gasteiger partial charge in [-0.05, 0) is 41.4 Å². The van der Waals surface area contributed by atoms with E-state index in [1.54, 1.807) is 18.4 Å². The molecule has 0 aromatic carbocycles. The molecule has 5 heteroatoms. The summed E-state index contributed by atoms with van der Waals surface area (Å²) < 4.78 is 6.26. The summed E-state index contributed by atoms with van der Waals surface area (Å²) in [5.41, 5.74) is 0. The number of methoxy groups -OCH3 is 1. The number of halogens is 1. The third kappa shape index (κ3) is 2.97.